The molecule has 13 atom stereocenters. The summed E-state index contributed by atoms with van der Waals surface area (Å²) in [6.45, 7) is 7.54. The maximum atomic E-state index is 14.5. The Morgan fingerprint density at radius 1 is 1.02 bits per heavy atom. The van der Waals surface area contributed by atoms with Gasteiger partial charge in [0, 0.05) is 52.4 Å². The summed E-state index contributed by atoms with van der Waals surface area (Å²) in [6.07, 6.45) is 8.70. The number of cyclic esters (lactones) is 1. The van der Waals surface area contributed by atoms with Gasteiger partial charge in [-0.05, 0) is 81.6 Å². The Bertz CT molecular complexity index is 1390. The molecule has 0 radical (unpaired) electrons. The van der Waals surface area contributed by atoms with E-state index in [1.165, 1.54) is 0 Å². The lowest BCUT2D eigenvalue weighted by molar-refractivity contribution is -0.243. The molecule has 1 N–H and O–H groups in total. The van der Waals surface area contributed by atoms with Gasteiger partial charge in [0.15, 0.2) is 17.8 Å². The lowest BCUT2D eigenvalue weighted by Crippen LogP contribution is -2.49. The molecule has 0 bridgehead atoms. The second kappa shape index (κ2) is 17.1. The first-order valence-corrected chi connectivity index (χ1v) is 18.2. The molecular formula is C38H56N2O10. The zero-order chi connectivity index (χ0) is 36.1. The number of methoxy groups -OCH3 is 4. The largest absolute Gasteiger partial charge is 0.462 e. The first kappa shape index (κ1) is 38.3. The summed E-state index contributed by atoms with van der Waals surface area (Å²) in [5, 5.41) is 6.96. The highest BCUT2D eigenvalue weighted by Gasteiger charge is 2.51. The fourth-order valence-electron chi connectivity index (χ4n) is 8.72. The van der Waals surface area contributed by atoms with Crippen molar-refractivity contribution in [3.63, 3.8) is 0 Å². The number of rotatable bonds is 12. The van der Waals surface area contributed by atoms with E-state index in [9.17, 15) is 14.4 Å². The van der Waals surface area contributed by atoms with Crippen LogP contribution in [0.2, 0.25) is 0 Å². The predicted molar refractivity (Wildman–Crippen MR) is 183 cm³/mol. The minimum Gasteiger partial charge on any atom is -0.462 e. The lowest BCUT2D eigenvalue weighted by atomic mass is 9.70. The smallest absolute Gasteiger partial charge is 0.306 e. The van der Waals surface area contributed by atoms with Crippen LogP contribution in [-0.4, -0.2) is 94.1 Å². The zero-order valence-electron chi connectivity index (χ0n) is 30.8. The highest BCUT2D eigenvalue weighted by atomic mass is 16.7. The highest BCUT2D eigenvalue weighted by molar-refractivity contribution is 6.00. The van der Waals surface area contributed by atoms with E-state index in [0.717, 1.165) is 12.8 Å². The molecular weight excluding hydrogens is 644 g/mol. The van der Waals surface area contributed by atoms with Crippen LogP contribution in [0.3, 0.4) is 0 Å². The normalized spacial score (nSPS) is 33.8. The molecule has 50 heavy (non-hydrogen) atoms. The van der Waals surface area contributed by atoms with E-state index in [2.05, 4.69) is 28.7 Å². The molecule has 1 aromatic rings. The number of hydrogen-bond acceptors (Lipinski definition) is 11. The summed E-state index contributed by atoms with van der Waals surface area (Å²) in [7, 11) is 6.46. The Kier molecular flexibility index (Phi) is 13.1. The minimum absolute atomic E-state index is 0.0202. The molecule has 12 nitrogen and oxygen atoms in total. The van der Waals surface area contributed by atoms with Crippen LogP contribution in [0.1, 0.15) is 82.0 Å². The molecule has 0 spiro atoms. The third-order valence-electron chi connectivity index (χ3n) is 11.6. The number of esters is 1. The summed E-state index contributed by atoms with van der Waals surface area (Å²) >= 11 is 0. The number of ketones is 1. The van der Waals surface area contributed by atoms with Gasteiger partial charge in [-0.25, -0.2) is 0 Å². The molecule has 278 valence electrons. The monoisotopic (exact) mass is 700 g/mol. The van der Waals surface area contributed by atoms with Gasteiger partial charge in [0.05, 0.1) is 18.6 Å². The van der Waals surface area contributed by atoms with Gasteiger partial charge in [-0.3, -0.25) is 14.4 Å². The Morgan fingerprint density at radius 3 is 2.42 bits per heavy atom. The van der Waals surface area contributed by atoms with Crippen LogP contribution in [0.15, 0.2) is 34.4 Å². The van der Waals surface area contributed by atoms with Crippen molar-refractivity contribution in [3.8, 4) is 0 Å². The number of allylic oxidation sites excluding steroid dienone is 4. The molecule has 1 saturated carbocycles. The molecule has 5 rings (SSSR count). The number of fused-ring (bicyclic) bond motifs is 5. The van der Waals surface area contributed by atoms with Crippen LogP contribution < -0.4 is 5.32 Å². The van der Waals surface area contributed by atoms with Crippen molar-refractivity contribution in [1.29, 1.82) is 0 Å². The van der Waals surface area contributed by atoms with E-state index in [0.29, 0.717) is 37.0 Å². The third-order valence-corrected chi connectivity index (χ3v) is 11.6. The van der Waals surface area contributed by atoms with Crippen molar-refractivity contribution in [2.24, 2.45) is 35.5 Å². The number of amides is 1. The van der Waals surface area contributed by atoms with Gasteiger partial charge in [-0.2, -0.15) is 0 Å². The van der Waals surface area contributed by atoms with Gasteiger partial charge in [0.1, 0.15) is 24.1 Å². The van der Waals surface area contributed by atoms with Crippen LogP contribution in [0.5, 0.6) is 0 Å². The second-order valence-electron chi connectivity index (χ2n) is 14.5. The van der Waals surface area contributed by atoms with Gasteiger partial charge in [-0.15, -0.1) is 0 Å². The van der Waals surface area contributed by atoms with E-state index in [1.807, 2.05) is 20.8 Å². The first-order chi connectivity index (χ1) is 24.0. The summed E-state index contributed by atoms with van der Waals surface area (Å²) in [5.74, 6) is -0.463. The van der Waals surface area contributed by atoms with Crippen molar-refractivity contribution in [1.82, 2.24) is 10.5 Å². The Balaban J connectivity index is 1.38. The van der Waals surface area contributed by atoms with Gasteiger partial charge in [-0.1, -0.05) is 37.2 Å². The van der Waals surface area contributed by atoms with Crippen molar-refractivity contribution in [3.05, 3.63) is 41.3 Å². The van der Waals surface area contributed by atoms with Gasteiger partial charge in [0.25, 0.3) is 5.91 Å². The van der Waals surface area contributed by atoms with E-state index in [4.69, 9.17) is 32.9 Å². The Labute approximate surface area is 295 Å². The number of aromatic nitrogens is 1. The quantitative estimate of drug-likeness (QED) is 0.179. The standard InChI is InChI=1S/C38H56N2O10/c1-9-24-11-10-12-31(39-37(43)32-15-20(2)50-40-32)21(3)34(42)30-18-28-26(29(30)19-33(41)48-24)14-13-23-16-25(17-27(23)28)49-38(47-8)36(46-7)35(45-6)22(4)44-5/h13-15,18,21-29,31,35-36,38H,9-12,16-17,19H2,1-8H3,(H,39,43)/t21-,22?,23-,24+,25-,26-,27-,28-,29+,31+,35?,36?,38?/m1/s1. The number of Topliss-reactive ketones (excluding diaryl/α,β-unsaturated/α-hetero) is 1. The maximum Gasteiger partial charge on any atom is 0.306 e. The highest BCUT2D eigenvalue weighted by Crippen LogP contribution is 2.54. The van der Waals surface area contributed by atoms with Crippen LogP contribution in [0.4, 0.5) is 0 Å². The Hall–Kier alpha value is -2.90. The van der Waals surface area contributed by atoms with E-state index < -0.39 is 30.5 Å². The SMILES string of the molecule is CC[C@H]1CCC[C@H](NC(=O)c2cc(C)on2)[C@@H](C)C(=O)C2=C[C@@H]3[C@@H](C=C[C@@H]4C[C@@H](OC(OC)C(OC)C(OC)C(C)OC)C[C@@H]34)[C@@H]2CC(=O)O1. The number of hydrogen-bond donors (Lipinski definition) is 1. The predicted octanol–water partition coefficient (Wildman–Crippen LogP) is 4.99. The fourth-order valence-corrected chi connectivity index (χ4v) is 8.72. The molecule has 2 fully saturated rings. The van der Waals surface area contributed by atoms with Crippen LogP contribution in [-0.2, 0) is 38.0 Å². The molecule has 1 aromatic heterocycles. The molecule has 12 heteroatoms. The van der Waals surface area contributed by atoms with Crippen molar-refractivity contribution >= 4 is 17.7 Å². The summed E-state index contributed by atoms with van der Waals surface area (Å²) in [5.41, 5.74) is 0.847. The number of aryl methyl sites for hydroxylation is 1. The first-order valence-electron chi connectivity index (χ1n) is 18.2. The lowest BCUT2D eigenvalue weighted by Gasteiger charge is -2.35. The molecule has 4 unspecified atom stereocenters. The molecule has 2 heterocycles. The molecule has 1 amide bonds. The van der Waals surface area contributed by atoms with Crippen LogP contribution in [0, 0.1) is 42.4 Å². The summed E-state index contributed by atoms with van der Waals surface area (Å²) in [4.78, 5) is 41.0. The molecule has 1 aliphatic heterocycles. The van der Waals surface area contributed by atoms with E-state index in [-0.39, 0.29) is 77.7 Å². The molecule has 1 saturated heterocycles. The summed E-state index contributed by atoms with van der Waals surface area (Å²) < 4.78 is 40.6. The fraction of sp³-hybridized carbons (Fsp3) is 0.737. The van der Waals surface area contributed by atoms with Gasteiger partial charge in [0.2, 0.25) is 0 Å². The average Bonchev–Trinajstić information content (AvgIpc) is 3.83. The minimum atomic E-state index is -0.679. The topological polar surface area (TPSA) is 145 Å². The number of ether oxygens (including phenoxy) is 6. The number of carbonyl (C=O) groups is 3. The van der Waals surface area contributed by atoms with E-state index in [1.54, 1.807) is 41.4 Å². The van der Waals surface area contributed by atoms with Crippen LogP contribution >= 0.6 is 0 Å². The maximum absolute atomic E-state index is 14.5. The number of nitrogens with one attached hydrogen (secondary N) is 1. The van der Waals surface area contributed by atoms with Crippen molar-refractivity contribution < 1.29 is 47.3 Å². The summed E-state index contributed by atoms with van der Waals surface area (Å²) in [6, 6.07) is 1.17. The van der Waals surface area contributed by atoms with E-state index >= 15 is 0 Å². The second-order valence-corrected chi connectivity index (χ2v) is 14.5. The van der Waals surface area contributed by atoms with Crippen molar-refractivity contribution in [2.45, 2.75) is 115 Å². The van der Waals surface area contributed by atoms with Gasteiger partial charge >= 0.3 is 5.97 Å². The number of nitrogens with zero attached hydrogens (tertiary/aromatic N) is 1. The Morgan fingerprint density at radius 2 is 1.78 bits per heavy atom. The molecule has 0 aromatic carbocycles. The van der Waals surface area contributed by atoms with Gasteiger partial charge < -0.3 is 38.3 Å². The molecule has 4 aliphatic rings. The number of carbonyl (C=O) groups excluding carboxylic acids is 3. The average molecular weight is 701 g/mol. The third kappa shape index (κ3) is 8.25. The zero-order valence-corrected chi connectivity index (χ0v) is 30.8. The molecule has 3 aliphatic carbocycles. The van der Waals surface area contributed by atoms with Crippen molar-refractivity contribution in [2.75, 3.05) is 28.4 Å². The van der Waals surface area contributed by atoms with Crippen LogP contribution in [0.25, 0.3) is 0 Å².